The smallest absolute Gasteiger partial charge is 0.293 e. The Morgan fingerprint density at radius 3 is 2.42 bits per heavy atom. The van der Waals surface area contributed by atoms with Crippen LogP contribution in [0.2, 0.25) is 5.02 Å². The summed E-state index contributed by atoms with van der Waals surface area (Å²) < 4.78 is 131. The molecule has 3 atom stereocenters. The number of carbonyl (C=O) groups excluding carboxylic acids is 1. The van der Waals surface area contributed by atoms with Gasteiger partial charge in [-0.2, -0.15) is 13.9 Å². The zero-order chi connectivity index (χ0) is 46.2. The molecular weight excluding hydrogens is 899 g/mol. The minimum Gasteiger partial charge on any atom is -0.392 e. The van der Waals surface area contributed by atoms with Gasteiger partial charge in [-0.1, -0.05) is 11.6 Å². The van der Waals surface area contributed by atoms with Crippen molar-refractivity contribution in [3.63, 3.8) is 0 Å². The first-order chi connectivity index (χ1) is 30.2. The number of nitrogens with zero attached hydrogens (tertiary/aromatic N) is 5. The van der Waals surface area contributed by atoms with Crippen LogP contribution in [0.25, 0.3) is 28.0 Å². The normalized spacial score (nSPS) is 16.7. The van der Waals surface area contributed by atoms with Gasteiger partial charge in [0.05, 0.1) is 51.9 Å². The highest BCUT2D eigenvalue weighted by Crippen LogP contribution is 2.68. The molecule has 0 bridgehead atoms. The highest BCUT2D eigenvalue weighted by atomic mass is 35.5. The van der Waals surface area contributed by atoms with E-state index in [1.807, 2.05) is 4.72 Å². The number of halogens is 8. The molecule has 0 unspecified atom stereocenters. The van der Waals surface area contributed by atoms with E-state index in [1.54, 1.807) is 0 Å². The third-order valence-corrected chi connectivity index (χ3v) is 11.8. The van der Waals surface area contributed by atoms with Gasteiger partial charge in [0.15, 0.2) is 5.65 Å². The number of amides is 1. The van der Waals surface area contributed by atoms with Crippen LogP contribution in [0.15, 0.2) is 65.5 Å². The molecule has 3 heterocycles. The molecule has 3 aromatic carbocycles. The average molecular weight is 932 g/mol. The van der Waals surface area contributed by atoms with Gasteiger partial charge in [0.1, 0.15) is 47.0 Å². The molecule has 2 aliphatic carbocycles. The number of anilines is 1. The van der Waals surface area contributed by atoms with E-state index in [0.717, 1.165) is 29.0 Å². The number of benzene rings is 3. The van der Waals surface area contributed by atoms with E-state index in [0.29, 0.717) is 10.7 Å². The lowest BCUT2D eigenvalue weighted by atomic mass is 10.0. The summed E-state index contributed by atoms with van der Waals surface area (Å²) in [6, 6.07) is 9.69. The molecule has 6 aromatic rings. The Labute approximate surface area is 362 Å². The van der Waals surface area contributed by atoms with Gasteiger partial charge < -0.3 is 15.7 Å². The number of hydrogen-bond donors (Lipinski definition) is 5. The lowest BCUT2D eigenvalue weighted by Gasteiger charge is -2.25. The van der Waals surface area contributed by atoms with E-state index in [-0.39, 0.29) is 67.4 Å². The highest BCUT2D eigenvalue weighted by Gasteiger charge is 2.67. The SMILES string of the molecule is CNc1c(-n2c([C@H](Cc3cc(F)cc(F)c3)NC(=O)Cn3nc(C(F)F)c4c3C(F)(F)[C@@H]3C[C@H]43)nc3nc(-c4ccc(F)c(CO)c4)ccc3c2=O)ccc(Cl)c1C(=N)NS(C)(=O)=O. The third-order valence-electron chi connectivity index (χ3n) is 10.9. The topological polar surface area (TPSA) is 197 Å². The van der Waals surface area contributed by atoms with Crippen LogP contribution in [-0.2, 0) is 40.3 Å². The fourth-order valence-corrected chi connectivity index (χ4v) is 8.90. The van der Waals surface area contributed by atoms with E-state index in [2.05, 4.69) is 25.7 Å². The zero-order valence-corrected chi connectivity index (χ0v) is 34.7. The molecule has 334 valence electrons. The van der Waals surface area contributed by atoms with Crippen molar-refractivity contribution in [2.75, 3.05) is 18.6 Å². The Morgan fingerprint density at radius 2 is 1.77 bits per heavy atom. The van der Waals surface area contributed by atoms with Crippen molar-refractivity contribution in [3.8, 4) is 16.9 Å². The van der Waals surface area contributed by atoms with Crippen molar-refractivity contribution in [2.45, 2.75) is 50.3 Å². The number of hydrogen-bond acceptors (Lipinski definition) is 10. The van der Waals surface area contributed by atoms with Crippen molar-refractivity contribution in [3.05, 3.63) is 133 Å². The van der Waals surface area contributed by atoms with Crippen molar-refractivity contribution in [1.29, 1.82) is 5.41 Å². The maximum absolute atomic E-state index is 15.5. The van der Waals surface area contributed by atoms with Gasteiger partial charge in [0.25, 0.3) is 17.9 Å². The summed E-state index contributed by atoms with van der Waals surface area (Å²) >= 11 is 6.51. The van der Waals surface area contributed by atoms with Crippen molar-refractivity contribution >= 4 is 50.1 Å². The molecule has 14 nitrogen and oxygen atoms in total. The van der Waals surface area contributed by atoms with Gasteiger partial charge in [0, 0.05) is 42.1 Å². The van der Waals surface area contributed by atoms with Crippen LogP contribution in [0.3, 0.4) is 0 Å². The Kier molecular flexibility index (Phi) is 11.3. The minimum atomic E-state index is -4.07. The number of nitrogens with one attached hydrogen (secondary N) is 4. The number of sulfonamides is 1. The predicted octanol–water partition coefficient (Wildman–Crippen LogP) is 6.37. The molecule has 0 aliphatic heterocycles. The Balaban J connectivity index is 1.35. The van der Waals surface area contributed by atoms with Crippen LogP contribution in [-0.4, -0.2) is 62.9 Å². The number of alkyl halides is 4. The molecule has 0 spiro atoms. The second kappa shape index (κ2) is 16.3. The maximum Gasteiger partial charge on any atom is 0.293 e. The van der Waals surface area contributed by atoms with Crippen LogP contribution < -0.4 is 20.9 Å². The molecule has 1 amide bonds. The summed E-state index contributed by atoms with van der Waals surface area (Å²) in [4.78, 5) is 38.2. The second-order valence-electron chi connectivity index (χ2n) is 15.2. The Morgan fingerprint density at radius 1 is 1.05 bits per heavy atom. The molecule has 1 fully saturated rings. The van der Waals surface area contributed by atoms with Crippen LogP contribution in [0.1, 0.15) is 64.3 Å². The molecule has 5 N–H and O–H groups in total. The first-order valence-electron chi connectivity index (χ1n) is 19.1. The number of fused-ring (bicyclic) bond motifs is 4. The summed E-state index contributed by atoms with van der Waals surface area (Å²) in [7, 11) is -2.71. The number of aromatic nitrogens is 5. The van der Waals surface area contributed by atoms with E-state index < -0.39 is 112 Å². The lowest BCUT2D eigenvalue weighted by molar-refractivity contribution is -0.123. The molecule has 64 heavy (non-hydrogen) atoms. The van der Waals surface area contributed by atoms with Crippen molar-refractivity contribution in [2.24, 2.45) is 5.92 Å². The van der Waals surface area contributed by atoms with Gasteiger partial charge in [-0.05, 0) is 72.5 Å². The lowest BCUT2D eigenvalue weighted by Crippen LogP contribution is -2.38. The largest absolute Gasteiger partial charge is 0.392 e. The number of aliphatic hydroxyl groups is 1. The first-order valence-corrected chi connectivity index (χ1v) is 21.4. The molecule has 1 saturated carbocycles. The number of pyridine rings is 1. The minimum absolute atomic E-state index is 0.0423. The second-order valence-corrected chi connectivity index (χ2v) is 17.4. The first kappa shape index (κ1) is 44.2. The number of carbonyl (C=O) groups is 1. The third kappa shape index (κ3) is 8.04. The van der Waals surface area contributed by atoms with E-state index >= 15 is 8.78 Å². The van der Waals surface area contributed by atoms with Gasteiger partial charge in [-0.15, -0.1) is 0 Å². The molecule has 2 aliphatic rings. The summed E-state index contributed by atoms with van der Waals surface area (Å²) in [5.74, 6) is -10.8. The number of amidine groups is 1. The van der Waals surface area contributed by atoms with Gasteiger partial charge in [0.2, 0.25) is 15.9 Å². The van der Waals surface area contributed by atoms with Gasteiger partial charge in [-0.25, -0.2) is 40.3 Å². The van der Waals surface area contributed by atoms with E-state index in [1.165, 1.54) is 43.4 Å². The quantitative estimate of drug-likeness (QED) is 0.0497. The molecule has 3 aromatic heterocycles. The zero-order valence-electron chi connectivity index (χ0n) is 33.2. The summed E-state index contributed by atoms with van der Waals surface area (Å²) in [5, 5.41) is 27.0. The van der Waals surface area contributed by atoms with Crippen molar-refractivity contribution in [1.82, 2.24) is 34.4 Å². The monoisotopic (exact) mass is 931 g/mol. The molecule has 8 rings (SSSR count). The Hall–Kier alpha value is -6.39. The number of aliphatic hydroxyl groups excluding tert-OH is 1. The highest BCUT2D eigenvalue weighted by molar-refractivity contribution is 7.89. The van der Waals surface area contributed by atoms with Gasteiger partial charge >= 0.3 is 0 Å². The van der Waals surface area contributed by atoms with Crippen LogP contribution in [0, 0.1) is 28.8 Å². The Bertz CT molecular complexity index is 3090. The van der Waals surface area contributed by atoms with Crippen molar-refractivity contribution < 1.29 is 49.1 Å². The van der Waals surface area contributed by atoms with Gasteiger partial charge in [-0.3, -0.25) is 29.0 Å². The summed E-state index contributed by atoms with van der Waals surface area (Å²) in [5.41, 5.74) is -3.66. The number of rotatable bonds is 13. The summed E-state index contributed by atoms with van der Waals surface area (Å²) in [6.45, 7) is -1.72. The fraction of sp³-hybridized carbons (Fsp3) is 0.268. The van der Waals surface area contributed by atoms with Crippen LogP contribution >= 0.6 is 11.6 Å². The van der Waals surface area contributed by atoms with E-state index in [4.69, 9.17) is 17.0 Å². The van der Waals surface area contributed by atoms with E-state index in [9.17, 15) is 45.1 Å². The predicted molar refractivity (Wildman–Crippen MR) is 219 cm³/mol. The average Bonchev–Trinajstić information content (AvgIpc) is 3.87. The fourth-order valence-electron chi connectivity index (χ4n) is 8.18. The standard InChI is InChI=1S/C41H33ClF7N9O5S/c1-51-33-29(8-5-25(42)32(33)37(50)56-64(2,62)63)58-39(54-38-22(40(58)61)4-7-27(53-38)18-3-6-26(45)19(12-18)16-59)28(11-17-9-20(43)13-21(44)10-17)52-30(60)15-57-35-31(34(55-57)36(46)47)23-14-24(23)41(35,48)49/h3-10,12-13,23-24,28,36,51,59H,11,14-16H2,1-2H3,(H2,50,56)(H,52,60)/t23-,24+,28-/m0/s1. The molecular formula is C41H33ClF7N9O5S. The van der Waals surface area contributed by atoms with Crippen LogP contribution in [0.5, 0.6) is 0 Å². The molecule has 0 saturated heterocycles. The van der Waals surface area contributed by atoms with Crippen LogP contribution in [0.4, 0.5) is 36.4 Å². The molecule has 23 heteroatoms. The molecule has 0 radical (unpaired) electrons. The summed E-state index contributed by atoms with van der Waals surface area (Å²) in [6.07, 6.45) is -3.08. The maximum atomic E-state index is 15.5.